The molecule has 2 N–H and O–H groups in total. The topological polar surface area (TPSA) is 96.3 Å². The fourth-order valence-corrected chi connectivity index (χ4v) is 5.44. The number of nitrogens with two attached hydrogens (primary N) is 1. The van der Waals surface area contributed by atoms with Gasteiger partial charge in [-0.2, -0.15) is 0 Å². The average Bonchev–Trinajstić information content (AvgIpc) is 3.58. The summed E-state index contributed by atoms with van der Waals surface area (Å²) in [7, 11) is 3.24. The molecule has 0 aliphatic rings. The highest BCUT2D eigenvalue weighted by atomic mass is 32.1. The van der Waals surface area contributed by atoms with Crippen molar-refractivity contribution in [2.45, 2.75) is 6.92 Å². The molecule has 6 rings (SSSR count). The first-order valence-corrected chi connectivity index (χ1v) is 12.8. The molecule has 0 spiro atoms. The van der Waals surface area contributed by atoms with Gasteiger partial charge in [-0.25, -0.2) is 4.98 Å². The van der Waals surface area contributed by atoms with Gasteiger partial charge in [-0.1, -0.05) is 54.1 Å². The lowest BCUT2D eigenvalue weighted by atomic mass is 9.99. The maximum atomic E-state index is 6.78. The molecule has 0 bridgehead atoms. The third kappa shape index (κ3) is 4.14. The highest BCUT2D eigenvalue weighted by molar-refractivity contribution is 7.22. The normalized spacial score (nSPS) is 11.1. The number of ether oxygens (including phenoxy) is 2. The standard InChI is InChI=1S/C30H24N4O3S/c1-17-9-11-18(12-10-17)22-16-21(20-13-14-23(35-2)24(15-20)36-3)25-26(31)27(38-30(25)32-22)29-34-33-28(37-29)19-7-5-4-6-8-19/h4-16H,31H2,1-3H3. The molecule has 7 nitrogen and oxygen atoms in total. The lowest BCUT2D eigenvalue weighted by molar-refractivity contribution is 0.355. The maximum Gasteiger partial charge on any atom is 0.260 e. The van der Waals surface area contributed by atoms with E-state index in [1.165, 1.54) is 16.9 Å². The summed E-state index contributed by atoms with van der Waals surface area (Å²) in [4.78, 5) is 6.47. The predicted molar refractivity (Wildman–Crippen MR) is 151 cm³/mol. The third-order valence-electron chi connectivity index (χ3n) is 6.38. The SMILES string of the molecule is COc1ccc(-c2cc(-c3ccc(C)cc3)nc3sc(-c4nnc(-c5ccccc5)o4)c(N)c23)cc1OC. The Morgan fingerprint density at radius 1 is 0.763 bits per heavy atom. The minimum Gasteiger partial charge on any atom is -0.493 e. The summed E-state index contributed by atoms with van der Waals surface area (Å²) in [5.74, 6) is 2.08. The fourth-order valence-electron chi connectivity index (χ4n) is 4.40. The Bertz CT molecular complexity index is 1760. The van der Waals surface area contributed by atoms with Crippen LogP contribution in [0.2, 0.25) is 0 Å². The molecule has 0 radical (unpaired) electrons. The van der Waals surface area contributed by atoms with Gasteiger partial charge in [0.2, 0.25) is 5.89 Å². The van der Waals surface area contributed by atoms with Crippen molar-refractivity contribution in [3.63, 3.8) is 0 Å². The van der Waals surface area contributed by atoms with Crippen molar-refractivity contribution in [2.75, 3.05) is 20.0 Å². The Morgan fingerprint density at radius 2 is 1.47 bits per heavy atom. The highest BCUT2D eigenvalue weighted by Crippen LogP contribution is 2.46. The molecule has 8 heteroatoms. The molecule has 3 aromatic heterocycles. The number of nitrogens with zero attached hydrogens (tertiary/aromatic N) is 3. The number of hydrogen-bond acceptors (Lipinski definition) is 8. The largest absolute Gasteiger partial charge is 0.493 e. The molecule has 6 aromatic rings. The van der Waals surface area contributed by atoms with Gasteiger partial charge in [-0.3, -0.25) is 0 Å². The maximum absolute atomic E-state index is 6.78. The molecule has 3 aromatic carbocycles. The molecule has 0 unspecified atom stereocenters. The summed E-state index contributed by atoms with van der Waals surface area (Å²) < 4.78 is 17.1. The van der Waals surface area contributed by atoms with Gasteiger partial charge in [0.1, 0.15) is 9.71 Å². The van der Waals surface area contributed by atoms with Crippen molar-refractivity contribution in [1.82, 2.24) is 15.2 Å². The predicted octanol–water partition coefficient (Wildman–Crippen LogP) is 7.26. The zero-order valence-electron chi connectivity index (χ0n) is 21.1. The van der Waals surface area contributed by atoms with Crippen LogP contribution in [0.4, 0.5) is 5.69 Å². The zero-order valence-corrected chi connectivity index (χ0v) is 21.9. The lowest BCUT2D eigenvalue weighted by Crippen LogP contribution is -1.94. The second kappa shape index (κ2) is 9.64. The van der Waals surface area contributed by atoms with Gasteiger partial charge in [0.15, 0.2) is 11.5 Å². The van der Waals surface area contributed by atoms with E-state index in [0.717, 1.165) is 38.2 Å². The van der Waals surface area contributed by atoms with Crippen LogP contribution in [0.1, 0.15) is 5.56 Å². The molecule has 3 heterocycles. The monoisotopic (exact) mass is 520 g/mol. The Kier molecular flexibility index (Phi) is 6.01. The number of anilines is 1. The second-order valence-electron chi connectivity index (χ2n) is 8.79. The third-order valence-corrected chi connectivity index (χ3v) is 7.47. The van der Waals surface area contributed by atoms with Crippen molar-refractivity contribution in [1.29, 1.82) is 0 Å². The quantitative estimate of drug-likeness (QED) is 0.247. The van der Waals surface area contributed by atoms with Crippen LogP contribution in [0.15, 0.2) is 83.3 Å². The number of pyridine rings is 1. The summed E-state index contributed by atoms with van der Waals surface area (Å²) in [5.41, 5.74) is 13.1. The number of fused-ring (bicyclic) bond motifs is 1. The van der Waals surface area contributed by atoms with Crippen molar-refractivity contribution >= 4 is 27.2 Å². The summed E-state index contributed by atoms with van der Waals surface area (Å²) in [6.45, 7) is 2.07. The molecular formula is C30H24N4O3S. The Labute approximate surface area is 223 Å². The van der Waals surface area contributed by atoms with E-state index in [0.29, 0.717) is 33.8 Å². The Hall–Kier alpha value is -4.69. The van der Waals surface area contributed by atoms with E-state index in [1.807, 2.05) is 48.5 Å². The van der Waals surface area contributed by atoms with Crippen LogP contribution < -0.4 is 15.2 Å². The number of aromatic nitrogens is 3. The van der Waals surface area contributed by atoms with Crippen molar-refractivity contribution in [3.05, 3.63) is 84.4 Å². The van der Waals surface area contributed by atoms with E-state index < -0.39 is 0 Å². The summed E-state index contributed by atoms with van der Waals surface area (Å²) in [6.07, 6.45) is 0. The zero-order chi connectivity index (χ0) is 26.2. The molecular weight excluding hydrogens is 496 g/mol. The van der Waals surface area contributed by atoms with Gasteiger partial charge in [0, 0.05) is 16.5 Å². The van der Waals surface area contributed by atoms with Gasteiger partial charge >= 0.3 is 0 Å². The lowest BCUT2D eigenvalue weighted by Gasteiger charge is -2.12. The van der Waals surface area contributed by atoms with Gasteiger partial charge in [0.05, 0.1) is 25.6 Å². The molecule has 0 saturated carbocycles. The van der Waals surface area contributed by atoms with E-state index in [-0.39, 0.29) is 0 Å². The number of nitrogen functional groups attached to an aromatic ring is 1. The average molecular weight is 521 g/mol. The Balaban J connectivity index is 1.56. The molecule has 0 aliphatic heterocycles. The summed E-state index contributed by atoms with van der Waals surface area (Å²) >= 11 is 1.44. The number of methoxy groups -OCH3 is 2. The van der Waals surface area contributed by atoms with Crippen LogP contribution in [0, 0.1) is 6.92 Å². The molecule has 0 saturated heterocycles. The minimum atomic E-state index is 0.361. The Morgan fingerprint density at radius 3 is 2.21 bits per heavy atom. The van der Waals surface area contributed by atoms with Crippen LogP contribution in [0.5, 0.6) is 11.5 Å². The van der Waals surface area contributed by atoms with Gasteiger partial charge in [0.25, 0.3) is 5.89 Å². The number of thiophene rings is 1. The van der Waals surface area contributed by atoms with E-state index in [1.54, 1.807) is 14.2 Å². The van der Waals surface area contributed by atoms with Crippen molar-refractivity contribution in [3.8, 4) is 56.1 Å². The molecule has 0 atom stereocenters. The number of rotatable bonds is 6. The van der Waals surface area contributed by atoms with Crippen LogP contribution in [0.3, 0.4) is 0 Å². The van der Waals surface area contributed by atoms with Crippen LogP contribution in [-0.2, 0) is 0 Å². The molecule has 0 amide bonds. The first kappa shape index (κ1) is 23.7. The first-order valence-electron chi connectivity index (χ1n) is 12.0. The number of benzene rings is 3. The molecule has 38 heavy (non-hydrogen) atoms. The van der Waals surface area contributed by atoms with Crippen LogP contribution in [0.25, 0.3) is 54.8 Å². The fraction of sp³-hybridized carbons (Fsp3) is 0.100. The van der Waals surface area contributed by atoms with E-state index in [2.05, 4.69) is 47.5 Å². The van der Waals surface area contributed by atoms with Gasteiger partial charge in [-0.15, -0.1) is 21.5 Å². The summed E-state index contributed by atoms with van der Waals surface area (Å²) in [5, 5.41) is 9.39. The minimum absolute atomic E-state index is 0.361. The highest BCUT2D eigenvalue weighted by Gasteiger charge is 2.23. The van der Waals surface area contributed by atoms with E-state index >= 15 is 0 Å². The van der Waals surface area contributed by atoms with Crippen LogP contribution in [-0.4, -0.2) is 29.4 Å². The number of hydrogen-bond donors (Lipinski definition) is 1. The van der Waals surface area contributed by atoms with E-state index in [9.17, 15) is 0 Å². The van der Waals surface area contributed by atoms with Gasteiger partial charge < -0.3 is 19.6 Å². The number of aryl methyl sites for hydroxylation is 1. The smallest absolute Gasteiger partial charge is 0.260 e. The van der Waals surface area contributed by atoms with Gasteiger partial charge in [-0.05, 0) is 48.4 Å². The van der Waals surface area contributed by atoms with Crippen molar-refractivity contribution < 1.29 is 13.9 Å². The molecule has 188 valence electrons. The van der Waals surface area contributed by atoms with Crippen molar-refractivity contribution in [2.24, 2.45) is 0 Å². The summed E-state index contributed by atoms with van der Waals surface area (Å²) in [6, 6.07) is 25.8. The van der Waals surface area contributed by atoms with Crippen LogP contribution >= 0.6 is 11.3 Å². The first-order chi connectivity index (χ1) is 18.6. The molecule has 0 fully saturated rings. The van der Waals surface area contributed by atoms with E-state index in [4.69, 9.17) is 24.6 Å². The second-order valence-corrected chi connectivity index (χ2v) is 9.79. The molecule has 0 aliphatic carbocycles.